The van der Waals surface area contributed by atoms with Crippen molar-refractivity contribution in [1.29, 1.82) is 5.26 Å². The van der Waals surface area contributed by atoms with Gasteiger partial charge in [-0.2, -0.15) is 5.26 Å². The molecule has 2 fully saturated rings. The molecule has 2 aliphatic rings. The first kappa shape index (κ1) is 26.1. The highest BCUT2D eigenvalue weighted by atomic mass is 16.6. The number of nitriles is 1. The third kappa shape index (κ3) is 5.97. The Bertz CT molecular complexity index is 1370. The number of aromatic nitrogens is 6. The van der Waals surface area contributed by atoms with Crippen LogP contribution in [0.15, 0.2) is 29.1 Å². The second kappa shape index (κ2) is 10.7. The van der Waals surface area contributed by atoms with Crippen molar-refractivity contribution in [1.82, 2.24) is 40.4 Å². The van der Waals surface area contributed by atoms with Gasteiger partial charge in [0, 0.05) is 38.1 Å². The van der Waals surface area contributed by atoms with Crippen LogP contribution in [0.25, 0.3) is 11.5 Å². The maximum absolute atomic E-state index is 13.1. The number of anilines is 1. The molecule has 0 aliphatic carbocycles. The normalized spacial score (nSPS) is 19.2. The van der Waals surface area contributed by atoms with Crippen molar-refractivity contribution < 1.29 is 18.7 Å². The molecule has 2 amide bonds. The summed E-state index contributed by atoms with van der Waals surface area (Å²) in [6.45, 7) is 7.72. The van der Waals surface area contributed by atoms with Crippen LogP contribution >= 0.6 is 0 Å². The average molecular weight is 535 g/mol. The topological polar surface area (TPSA) is 168 Å². The van der Waals surface area contributed by atoms with Crippen molar-refractivity contribution in [3.8, 4) is 17.5 Å². The Morgan fingerprint density at radius 3 is 2.74 bits per heavy atom. The van der Waals surface area contributed by atoms with Gasteiger partial charge in [-0.3, -0.25) is 9.48 Å². The van der Waals surface area contributed by atoms with Crippen molar-refractivity contribution in [3.05, 3.63) is 36.1 Å². The maximum atomic E-state index is 13.1. The molecule has 0 saturated carbocycles. The van der Waals surface area contributed by atoms with Gasteiger partial charge in [0.15, 0.2) is 0 Å². The summed E-state index contributed by atoms with van der Waals surface area (Å²) in [7, 11) is 0. The fourth-order valence-electron chi connectivity index (χ4n) is 4.81. The van der Waals surface area contributed by atoms with E-state index in [2.05, 4.69) is 41.8 Å². The lowest BCUT2D eigenvalue weighted by Gasteiger charge is -2.28. The number of nitrogens with zero attached hydrogens (tertiary/aromatic N) is 9. The second-order valence-corrected chi connectivity index (χ2v) is 10.6. The van der Waals surface area contributed by atoms with Crippen molar-refractivity contribution in [2.45, 2.75) is 64.3 Å². The van der Waals surface area contributed by atoms with Crippen LogP contribution in [0, 0.1) is 11.3 Å². The third-order valence-corrected chi connectivity index (χ3v) is 6.50. The Hall–Kier alpha value is -4.54. The second-order valence-electron chi connectivity index (χ2n) is 10.6. The van der Waals surface area contributed by atoms with E-state index in [4.69, 9.17) is 9.15 Å². The van der Waals surface area contributed by atoms with E-state index in [1.165, 1.54) is 6.20 Å². The van der Waals surface area contributed by atoms with Crippen LogP contribution in [-0.2, 0) is 11.3 Å². The minimum absolute atomic E-state index is 0.109. The Morgan fingerprint density at radius 2 is 2.05 bits per heavy atom. The minimum Gasteiger partial charge on any atom is -0.444 e. The van der Waals surface area contributed by atoms with E-state index in [1.54, 1.807) is 48.8 Å². The Labute approximate surface area is 224 Å². The number of carbonyl (C=O) groups excluding carboxylic acids is 2. The predicted molar refractivity (Wildman–Crippen MR) is 136 cm³/mol. The highest BCUT2D eigenvalue weighted by Crippen LogP contribution is 2.31. The fourth-order valence-corrected chi connectivity index (χ4v) is 4.81. The number of hydrogen-bond acceptors (Lipinski definition) is 11. The van der Waals surface area contributed by atoms with Crippen LogP contribution in [0.4, 0.5) is 10.6 Å². The van der Waals surface area contributed by atoms with E-state index >= 15 is 0 Å². The molecule has 0 bridgehead atoms. The van der Waals surface area contributed by atoms with E-state index < -0.39 is 17.6 Å². The summed E-state index contributed by atoms with van der Waals surface area (Å²) in [6, 6.07) is 3.07. The summed E-state index contributed by atoms with van der Waals surface area (Å²) < 4.78 is 13.0. The first-order chi connectivity index (χ1) is 18.7. The lowest BCUT2D eigenvalue weighted by Crippen LogP contribution is -2.43. The smallest absolute Gasteiger partial charge is 0.410 e. The minimum atomic E-state index is -0.665. The van der Waals surface area contributed by atoms with Gasteiger partial charge in [0.05, 0.1) is 29.9 Å². The molecule has 39 heavy (non-hydrogen) atoms. The first-order valence-electron chi connectivity index (χ1n) is 12.8. The summed E-state index contributed by atoms with van der Waals surface area (Å²) in [5.41, 5.74) is 0.193. The number of rotatable bonds is 6. The molecule has 1 N–H and O–H groups in total. The van der Waals surface area contributed by atoms with Gasteiger partial charge < -0.3 is 24.3 Å². The van der Waals surface area contributed by atoms with Crippen LogP contribution in [0.1, 0.15) is 56.3 Å². The zero-order valence-electron chi connectivity index (χ0n) is 22.1. The van der Waals surface area contributed by atoms with Gasteiger partial charge in [0.25, 0.3) is 5.89 Å². The zero-order valence-corrected chi connectivity index (χ0v) is 22.1. The number of ether oxygens (including phenoxy) is 1. The maximum Gasteiger partial charge on any atom is 0.410 e. The summed E-state index contributed by atoms with van der Waals surface area (Å²) in [5, 5.41) is 28.1. The Balaban J connectivity index is 1.31. The van der Waals surface area contributed by atoms with Gasteiger partial charge >= 0.3 is 17.9 Å². The highest BCUT2D eigenvalue weighted by molar-refractivity contribution is 5.90. The number of carbonyl (C=O) groups is 2. The molecule has 2 atom stereocenters. The van der Waals surface area contributed by atoms with Gasteiger partial charge in [0.2, 0.25) is 0 Å². The zero-order chi connectivity index (χ0) is 27.6. The molecule has 204 valence electrons. The largest absolute Gasteiger partial charge is 0.444 e. The molecule has 5 rings (SSSR count). The Morgan fingerprint density at radius 1 is 1.26 bits per heavy atom. The Kier molecular flexibility index (Phi) is 7.14. The molecule has 3 aromatic heterocycles. The molecule has 0 radical (unpaired) electrons. The summed E-state index contributed by atoms with van der Waals surface area (Å²) in [4.78, 5) is 34.2. The van der Waals surface area contributed by atoms with Gasteiger partial charge in [0.1, 0.15) is 17.5 Å². The standard InChI is InChI=1S/C25H30N10O4/c1-25(2,3)39-24(37)35-14-17(11-18(35)15-34-9-6-28-32-34)29-21(36)23-31-30-22(38-23)19-10-16(12-26)13-27-20(19)33-7-4-5-8-33/h6,9-10,13,17-18H,4-5,7-8,11,14-15H2,1-3H3,(H,29,36)/t17?,18-/m1/s1. The number of nitrogens with one attached hydrogen (secondary N) is 1. The van der Waals surface area contributed by atoms with Crippen LogP contribution < -0.4 is 10.2 Å². The van der Waals surface area contributed by atoms with Gasteiger partial charge in [-0.15, -0.1) is 15.3 Å². The summed E-state index contributed by atoms with van der Waals surface area (Å²) in [5.74, 6) is -0.0286. The lowest BCUT2D eigenvalue weighted by molar-refractivity contribution is 0.0207. The third-order valence-electron chi connectivity index (χ3n) is 6.50. The predicted octanol–water partition coefficient (Wildman–Crippen LogP) is 2.00. The molecule has 2 saturated heterocycles. The highest BCUT2D eigenvalue weighted by Gasteiger charge is 2.39. The van der Waals surface area contributed by atoms with Gasteiger partial charge in [-0.25, -0.2) is 9.78 Å². The molecule has 5 heterocycles. The average Bonchev–Trinajstić information content (AvgIpc) is 3.71. The summed E-state index contributed by atoms with van der Waals surface area (Å²) >= 11 is 0. The SMILES string of the molecule is CC(C)(C)OC(=O)N1CC(NC(=O)c2nnc(-c3cc(C#N)cnc3N3CCCC3)o2)C[C@@H]1Cn1ccnn1. The monoisotopic (exact) mass is 534 g/mol. The quantitative estimate of drug-likeness (QED) is 0.491. The number of pyridine rings is 1. The molecule has 0 spiro atoms. The molecule has 2 aliphatic heterocycles. The van der Waals surface area contributed by atoms with Crippen molar-refractivity contribution in [2.24, 2.45) is 0 Å². The van der Waals surface area contributed by atoms with Crippen molar-refractivity contribution >= 4 is 17.8 Å². The molecular weight excluding hydrogens is 504 g/mol. The van der Waals surface area contributed by atoms with Gasteiger partial charge in [-0.1, -0.05) is 5.21 Å². The van der Waals surface area contributed by atoms with Gasteiger partial charge in [-0.05, 0) is 46.1 Å². The lowest BCUT2D eigenvalue weighted by atomic mass is 10.1. The fraction of sp³-hybridized carbons (Fsp3) is 0.520. The molecule has 3 aromatic rings. The summed E-state index contributed by atoms with van der Waals surface area (Å²) in [6.07, 6.45) is 6.87. The molecule has 14 heteroatoms. The number of amides is 2. The number of hydrogen-bond donors (Lipinski definition) is 1. The van der Waals surface area contributed by atoms with Crippen molar-refractivity contribution in [3.63, 3.8) is 0 Å². The van der Waals surface area contributed by atoms with E-state index in [-0.39, 0.29) is 30.4 Å². The number of likely N-dealkylation sites (tertiary alicyclic amines) is 1. The molecular formula is C25H30N10O4. The van der Waals surface area contributed by atoms with E-state index in [0.717, 1.165) is 25.9 Å². The molecule has 14 nitrogen and oxygen atoms in total. The first-order valence-corrected chi connectivity index (χ1v) is 12.8. The van der Waals surface area contributed by atoms with Crippen LogP contribution in [0.2, 0.25) is 0 Å². The molecule has 0 aromatic carbocycles. The van der Waals surface area contributed by atoms with Crippen LogP contribution in [0.3, 0.4) is 0 Å². The van der Waals surface area contributed by atoms with E-state index in [9.17, 15) is 14.9 Å². The van der Waals surface area contributed by atoms with E-state index in [0.29, 0.717) is 29.9 Å². The molecule has 1 unspecified atom stereocenters. The van der Waals surface area contributed by atoms with Crippen LogP contribution in [0.5, 0.6) is 0 Å². The van der Waals surface area contributed by atoms with Crippen LogP contribution in [-0.4, -0.2) is 84.4 Å². The van der Waals surface area contributed by atoms with Crippen molar-refractivity contribution in [2.75, 3.05) is 24.5 Å². The van der Waals surface area contributed by atoms with E-state index in [1.807, 2.05) is 0 Å².